The molecule has 0 aliphatic carbocycles. The molecular weight excluding hydrogens is 396 g/mol. The number of hydrogen-bond donors (Lipinski definition) is 0. The lowest BCUT2D eigenvalue weighted by Crippen LogP contribution is -2.26. The van der Waals surface area contributed by atoms with Gasteiger partial charge >= 0.3 is 11.9 Å². The largest absolute Gasteiger partial charge is 0.457 e. The van der Waals surface area contributed by atoms with Crippen molar-refractivity contribution in [2.75, 3.05) is 6.61 Å². The van der Waals surface area contributed by atoms with E-state index in [9.17, 15) is 9.59 Å². The van der Waals surface area contributed by atoms with Crippen LogP contribution in [0.4, 0.5) is 0 Å². The predicted molar refractivity (Wildman–Crippen MR) is 123 cm³/mol. The average molecular weight is 445 g/mol. The Morgan fingerprint density at radius 2 is 1.03 bits per heavy atom. The SMILES string of the molecule is CCCCCCCCCCCCCCCCCCOC(=O)C(=O)OOOC(C)(C)CC. The smallest absolute Gasteiger partial charge is 0.453 e. The van der Waals surface area contributed by atoms with E-state index in [4.69, 9.17) is 9.62 Å². The van der Waals surface area contributed by atoms with Crippen LogP contribution in [0.1, 0.15) is 137 Å². The minimum atomic E-state index is -1.21. The summed E-state index contributed by atoms with van der Waals surface area (Å²) < 4.78 is 4.88. The highest BCUT2D eigenvalue weighted by molar-refractivity contribution is 6.29. The Balaban J connectivity index is 3.33. The second-order valence-corrected chi connectivity index (χ2v) is 9.07. The molecule has 6 nitrogen and oxygen atoms in total. The van der Waals surface area contributed by atoms with Gasteiger partial charge in [-0.3, -0.25) is 4.89 Å². The Kier molecular flexibility index (Phi) is 20.0. The fourth-order valence-electron chi connectivity index (χ4n) is 3.11. The van der Waals surface area contributed by atoms with Crippen molar-refractivity contribution < 1.29 is 29.1 Å². The molecule has 0 saturated carbocycles. The quantitative estimate of drug-likeness (QED) is 0.0604. The maximum Gasteiger partial charge on any atom is 0.453 e. The van der Waals surface area contributed by atoms with E-state index in [2.05, 4.69) is 16.8 Å². The number of carbonyl (C=O) groups excluding carboxylic acids is 2. The van der Waals surface area contributed by atoms with Gasteiger partial charge in [-0.2, -0.15) is 4.89 Å². The molecule has 0 rings (SSSR count). The first-order valence-corrected chi connectivity index (χ1v) is 12.7. The summed E-state index contributed by atoms with van der Waals surface area (Å²) in [5.41, 5.74) is -0.599. The number of esters is 1. The molecule has 0 saturated heterocycles. The first-order valence-electron chi connectivity index (χ1n) is 12.7. The summed E-state index contributed by atoms with van der Waals surface area (Å²) in [5, 5.41) is 4.36. The highest BCUT2D eigenvalue weighted by atomic mass is 17.5. The van der Waals surface area contributed by atoms with Crippen LogP contribution >= 0.6 is 0 Å². The fraction of sp³-hybridized carbons (Fsp3) is 0.920. The van der Waals surface area contributed by atoms with Gasteiger partial charge in [0, 0.05) is 0 Å². The number of rotatable bonds is 21. The van der Waals surface area contributed by atoms with Gasteiger partial charge in [-0.25, -0.2) is 9.59 Å². The van der Waals surface area contributed by atoms with E-state index in [0.717, 1.165) is 19.3 Å². The second-order valence-electron chi connectivity index (χ2n) is 9.07. The van der Waals surface area contributed by atoms with Crippen LogP contribution in [0, 0.1) is 0 Å². The zero-order valence-corrected chi connectivity index (χ0v) is 20.7. The predicted octanol–water partition coefficient (Wildman–Crippen LogP) is 7.39. The summed E-state index contributed by atoms with van der Waals surface area (Å²) in [6, 6.07) is 0. The van der Waals surface area contributed by atoms with Gasteiger partial charge in [-0.05, 0) is 31.7 Å². The van der Waals surface area contributed by atoms with Crippen molar-refractivity contribution in [2.24, 2.45) is 0 Å². The molecule has 0 fully saturated rings. The number of hydrogen-bond acceptors (Lipinski definition) is 6. The Morgan fingerprint density at radius 3 is 1.45 bits per heavy atom. The maximum absolute atomic E-state index is 11.5. The lowest BCUT2D eigenvalue weighted by Gasteiger charge is -2.19. The molecule has 0 bridgehead atoms. The summed E-state index contributed by atoms with van der Waals surface area (Å²) in [5.74, 6) is -2.26. The van der Waals surface area contributed by atoms with E-state index >= 15 is 0 Å². The molecule has 0 amide bonds. The van der Waals surface area contributed by atoms with Crippen LogP contribution in [0.15, 0.2) is 0 Å². The molecule has 0 N–H and O–H groups in total. The van der Waals surface area contributed by atoms with Crippen molar-refractivity contribution in [1.29, 1.82) is 0 Å². The molecule has 0 aliphatic heterocycles. The van der Waals surface area contributed by atoms with Gasteiger partial charge in [0.25, 0.3) is 0 Å². The molecular formula is C25H48O6. The number of ether oxygens (including phenoxy) is 1. The zero-order chi connectivity index (χ0) is 23.2. The van der Waals surface area contributed by atoms with Crippen molar-refractivity contribution in [3.8, 4) is 0 Å². The lowest BCUT2D eigenvalue weighted by molar-refractivity contribution is -0.515. The number of carbonyl (C=O) groups is 2. The van der Waals surface area contributed by atoms with Crippen LogP contribution < -0.4 is 0 Å². The summed E-state index contributed by atoms with van der Waals surface area (Å²) in [6.07, 6.45) is 21.2. The molecule has 0 aromatic heterocycles. The van der Waals surface area contributed by atoms with E-state index in [-0.39, 0.29) is 6.61 Å². The van der Waals surface area contributed by atoms with Gasteiger partial charge in [-0.15, -0.1) is 0 Å². The molecule has 184 valence electrons. The van der Waals surface area contributed by atoms with Crippen molar-refractivity contribution in [1.82, 2.24) is 0 Å². The molecule has 0 aromatic rings. The highest BCUT2D eigenvalue weighted by Gasteiger charge is 2.22. The highest BCUT2D eigenvalue weighted by Crippen LogP contribution is 2.15. The first kappa shape index (κ1) is 29.9. The molecule has 0 spiro atoms. The third-order valence-corrected chi connectivity index (χ3v) is 5.62. The Morgan fingerprint density at radius 1 is 0.613 bits per heavy atom. The summed E-state index contributed by atoms with van der Waals surface area (Å²) >= 11 is 0. The van der Waals surface area contributed by atoms with E-state index in [1.54, 1.807) is 13.8 Å². The average Bonchev–Trinajstić information content (AvgIpc) is 2.75. The maximum atomic E-state index is 11.5. The van der Waals surface area contributed by atoms with E-state index in [1.165, 1.54) is 83.5 Å². The molecule has 0 aliphatic rings. The molecule has 0 radical (unpaired) electrons. The molecule has 6 heteroatoms. The Labute approximate surface area is 190 Å². The van der Waals surface area contributed by atoms with Crippen molar-refractivity contribution in [3.63, 3.8) is 0 Å². The van der Waals surface area contributed by atoms with Crippen molar-refractivity contribution in [3.05, 3.63) is 0 Å². The Hall–Kier alpha value is -1.14. The molecule has 0 heterocycles. The topological polar surface area (TPSA) is 71.1 Å². The van der Waals surface area contributed by atoms with E-state index in [0.29, 0.717) is 6.42 Å². The fourth-order valence-corrected chi connectivity index (χ4v) is 3.11. The van der Waals surface area contributed by atoms with E-state index < -0.39 is 17.5 Å². The second kappa shape index (κ2) is 20.7. The lowest BCUT2D eigenvalue weighted by atomic mass is 10.0. The monoisotopic (exact) mass is 444 g/mol. The van der Waals surface area contributed by atoms with Crippen LogP contribution in [0.25, 0.3) is 0 Å². The normalized spacial score (nSPS) is 11.5. The summed E-state index contributed by atoms with van der Waals surface area (Å²) in [7, 11) is 0. The van der Waals surface area contributed by atoms with Gasteiger partial charge in [0.2, 0.25) is 0 Å². The molecule has 0 atom stereocenters. The van der Waals surface area contributed by atoms with Crippen molar-refractivity contribution >= 4 is 11.9 Å². The van der Waals surface area contributed by atoms with E-state index in [1.807, 2.05) is 6.92 Å². The van der Waals surface area contributed by atoms with Crippen LogP contribution in [0.2, 0.25) is 0 Å². The van der Waals surface area contributed by atoms with Crippen LogP contribution in [0.3, 0.4) is 0 Å². The van der Waals surface area contributed by atoms with Crippen LogP contribution in [-0.4, -0.2) is 24.1 Å². The molecule has 0 unspecified atom stereocenters. The van der Waals surface area contributed by atoms with Gasteiger partial charge < -0.3 is 4.74 Å². The number of unbranched alkanes of at least 4 members (excludes halogenated alkanes) is 15. The van der Waals surface area contributed by atoms with Gasteiger partial charge in [-0.1, -0.05) is 110 Å². The minimum absolute atomic E-state index is 0.216. The van der Waals surface area contributed by atoms with Gasteiger partial charge in [0.05, 0.1) is 6.61 Å². The van der Waals surface area contributed by atoms with Crippen LogP contribution in [0.5, 0.6) is 0 Å². The Bertz CT molecular complexity index is 436. The first-order chi connectivity index (χ1) is 14.9. The van der Waals surface area contributed by atoms with Gasteiger partial charge in [0.15, 0.2) is 0 Å². The van der Waals surface area contributed by atoms with Gasteiger partial charge in [0.1, 0.15) is 5.60 Å². The minimum Gasteiger partial charge on any atom is -0.457 e. The third-order valence-electron chi connectivity index (χ3n) is 5.62. The van der Waals surface area contributed by atoms with Crippen LogP contribution in [-0.2, 0) is 29.1 Å². The van der Waals surface area contributed by atoms with Crippen molar-refractivity contribution in [2.45, 2.75) is 142 Å². The molecule has 0 aromatic carbocycles. The standard InChI is InChI=1S/C25H48O6/c1-5-7-8-9-10-11-12-13-14-15-16-17-18-19-20-21-22-28-23(26)24(27)29-31-30-25(3,4)6-2/h5-22H2,1-4H3. The summed E-state index contributed by atoms with van der Waals surface area (Å²) in [4.78, 5) is 32.1. The third kappa shape index (κ3) is 20.5. The zero-order valence-electron chi connectivity index (χ0n) is 20.7. The molecule has 31 heavy (non-hydrogen) atoms. The summed E-state index contributed by atoms with van der Waals surface area (Å²) in [6.45, 7) is 7.93.